The van der Waals surface area contributed by atoms with Crippen molar-refractivity contribution in [1.82, 2.24) is 10.2 Å². The maximum atomic E-state index is 14.2. The normalized spacial score (nSPS) is 23.9. The SMILES string of the molecule is Cc1ccsc1C1=N[C@@H](c2ccc(F)cc2Cl)C(C2=NC(CCC(C)F)C=C2)=C2C[C@@](O)(CNCc3ccccc3)CN12. The zero-order valence-electron chi connectivity index (χ0n) is 24.2. The molecule has 3 aliphatic heterocycles. The van der Waals surface area contributed by atoms with Crippen LogP contribution >= 0.6 is 22.9 Å². The van der Waals surface area contributed by atoms with Crippen LogP contribution in [0.3, 0.4) is 0 Å². The Kier molecular flexibility index (Phi) is 8.65. The lowest BCUT2D eigenvalue weighted by Crippen LogP contribution is -2.44. The number of nitrogens with zero attached hydrogens (tertiary/aromatic N) is 3. The van der Waals surface area contributed by atoms with Gasteiger partial charge in [-0.3, -0.25) is 9.98 Å². The minimum Gasteiger partial charge on any atom is -0.386 e. The molecule has 0 amide bonds. The molecule has 9 heteroatoms. The quantitative estimate of drug-likeness (QED) is 0.249. The van der Waals surface area contributed by atoms with Crippen LogP contribution in [0.2, 0.25) is 5.02 Å². The maximum absolute atomic E-state index is 14.2. The van der Waals surface area contributed by atoms with Crippen LogP contribution in [0, 0.1) is 12.7 Å². The van der Waals surface area contributed by atoms with E-state index in [1.54, 1.807) is 24.3 Å². The molecule has 0 bridgehead atoms. The molecule has 2 aromatic carbocycles. The van der Waals surface area contributed by atoms with E-state index in [1.807, 2.05) is 35.7 Å². The highest BCUT2D eigenvalue weighted by atomic mass is 35.5. The Labute approximate surface area is 260 Å². The van der Waals surface area contributed by atoms with E-state index in [9.17, 15) is 13.9 Å². The monoisotopic (exact) mass is 620 g/mol. The van der Waals surface area contributed by atoms with Crippen molar-refractivity contribution >= 4 is 34.5 Å². The fraction of sp³-hybridized carbons (Fsp3) is 0.353. The predicted molar refractivity (Wildman–Crippen MR) is 171 cm³/mol. The number of fused-ring (bicyclic) bond motifs is 1. The zero-order chi connectivity index (χ0) is 30.1. The van der Waals surface area contributed by atoms with Crippen LogP contribution < -0.4 is 5.32 Å². The lowest BCUT2D eigenvalue weighted by atomic mass is 9.89. The molecule has 5 nitrogen and oxygen atoms in total. The van der Waals surface area contributed by atoms with Gasteiger partial charge in [-0.25, -0.2) is 8.78 Å². The molecular weight excluding hydrogens is 586 g/mol. The first-order valence-electron chi connectivity index (χ1n) is 14.7. The number of nitrogens with one attached hydrogen (secondary N) is 1. The van der Waals surface area contributed by atoms with Gasteiger partial charge in [0, 0.05) is 41.4 Å². The van der Waals surface area contributed by atoms with E-state index in [4.69, 9.17) is 21.6 Å². The molecule has 0 spiro atoms. The minimum absolute atomic E-state index is 0.142. The topological polar surface area (TPSA) is 60.2 Å². The van der Waals surface area contributed by atoms with E-state index in [2.05, 4.69) is 35.3 Å². The highest BCUT2D eigenvalue weighted by Crippen LogP contribution is 2.46. The molecule has 4 atom stereocenters. The van der Waals surface area contributed by atoms with Crippen LogP contribution in [0.15, 0.2) is 93.4 Å². The van der Waals surface area contributed by atoms with Gasteiger partial charge in [0.25, 0.3) is 0 Å². The number of halogens is 3. The van der Waals surface area contributed by atoms with Crippen LogP contribution in [0.1, 0.15) is 53.8 Å². The Morgan fingerprint density at radius 1 is 1.19 bits per heavy atom. The second kappa shape index (κ2) is 12.4. The number of benzene rings is 2. The molecule has 2 N–H and O–H groups in total. The third-order valence-electron chi connectivity index (χ3n) is 8.23. The van der Waals surface area contributed by atoms with Crippen molar-refractivity contribution in [2.24, 2.45) is 9.98 Å². The van der Waals surface area contributed by atoms with Crippen molar-refractivity contribution in [3.05, 3.63) is 116 Å². The van der Waals surface area contributed by atoms with E-state index in [0.29, 0.717) is 44.5 Å². The molecular formula is C34H35ClF2N4OS. The summed E-state index contributed by atoms with van der Waals surface area (Å²) in [6, 6.07) is 15.9. The number of hydrogen-bond donors (Lipinski definition) is 2. The van der Waals surface area contributed by atoms with Gasteiger partial charge in [0.1, 0.15) is 23.3 Å². The third-order valence-corrected chi connectivity index (χ3v) is 9.57. The summed E-state index contributed by atoms with van der Waals surface area (Å²) < 4.78 is 27.8. The smallest absolute Gasteiger partial charge is 0.146 e. The van der Waals surface area contributed by atoms with E-state index in [-0.39, 0.29) is 11.1 Å². The number of thiophene rings is 1. The summed E-state index contributed by atoms with van der Waals surface area (Å²) in [7, 11) is 0. The average molecular weight is 621 g/mol. The molecule has 0 aliphatic carbocycles. The first-order valence-corrected chi connectivity index (χ1v) is 15.9. The summed E-state index contributed by atoms with van der Waals surface area (Å²) >= 11 is 8.28. The van der Waals surface area contributed by atoms with Gasteiger partial charge in [0.05, 0.1) is 29.3 Å². The Morgan fingerprint density at radius 3 is 2.72 bits per heavy atom. The molecule has 224 valence electrons. The van der Waals surface area contributed by atoms with Crippen LogP contribution in [0.4, 0.5) is 8.78 Å². The predicted octanol–water partition coefficient (Wildman–Crippen LogP) is 7.35. The number of rotatable bonds is 10. The Balaban J connectivity index is 1.43. The zero-order valence-corrected chi connectivity index (χ0v) is 25.8. The minimum atomic E-state index is -1.07. The van der Waals surface area contributed by atoms with E-state index < -0.39 is 23.6 Å². The van der Waals surface area contributed by atoms with Crippen molar-refractivity contribution in [3.63, 3.8) is 0 Å². The molecule has 0 radical (unpaired) electrons. The van der Waals surface area contributed by atoms with Crippen molar-refractivity contribution in [3.8, 4) is 0 Å². The van der Waals surface area contributed by atoms with Crippen molar-refractivity contribution in [1.29, 1.82) is 0 Å². The molecule has 6 rings (SSSR count). The fourth-order valence-corrected chi connectivity index (χ4v) is 7.27. The molecule has 43 heavy (non-hydrogen) atoms. The molecule has 0 saturated carbocycles. The van der Waals surface area contributed by atoms with Gasteiger partial charge in [0.2, 0.25) is 0 Å². The number of hydrogen-bond acceptors (Lipinski definition) is 6. The van der Waals surface area contributed by atoms with Crippen molar-refractivity contribution in [2.75, 3.05) is 13.1 Å². The average Bonchev–Trinajstić information content (AvgIpc) is 3.70. The maximum Gasteiger partial charge on any atom is 0.146 e. The molecule has 3 aliphatic rings. The number of amidine groups is 1. The Bertz CT molecular complexity index is 1620. The van der Waals surface area contributed by atoms with Crippen LogP contribution in [-0.2, 0) is 6.54 Å². The van der Waals surface area contributed by atoms with Gasteiger partial charge in [0.15, 0.2) is 0 Å². The highest BCUT2D eigenvalue weighted by molar-refractivity contribution is 7.12. The second-order valence-electron chi connectivity index (χ2n) is 11.7. The number of aryl methyl sites for hydroxylation is 1. The molecule has 1 aromatic heterocycles. The molecule has 2 unspecified atom stereocenters. The highest BCUT2D eigenvalue weighted by Gasteiger charge is 2.47. The summed E-state index contributed by atoms with van der Waals surface area (Å²) in [5, 5.41) is 17.8. The van der Waals surface area contributed by atoms with E-state index >= 15 is 0 Å². The van der Waals surface area contributed by atoms with Crippen LogP contribution in [0.5, 0.6) is 0 Å². The first-order chi connectivity index (χ1) is 20.7. The third kappa shape index (κ3) is 6.38. The van der Waals surface area contributed by atoms with E-state index in [0.717, 1.165) is 38.8 Å². The number of alkyl halides is 1. The van der Waals surface area contributed by atoms with Gasteiger partial charge in [-0.15, -0.1) is 11.3 Å². The fourth-order valence-electron chi connectivity index (χ4n) is 6.07. The Hall–Kier alpha value is -3.17. The van der Waals surface area contributed by atoms with Crippen molar-refractivity contribution < 1.29 is 13.9 Å². The summed E-state index contributed by atoms with van der Waals surface area (Å²) in [6.45, 7) is 4.99. The van der Waals surface area contributed by atoms with Crippen LogP contribution in [0.25, 0.3) is 0 Å². The number of aliphatic hydroxyl groups is 1. The van der Waals surface area contributed by atoms with Gasteiger partial charge in [-0.05, 0) is 67.5 Å². The summed E-state index contributed by atoms with van der Waals surface area (Å²) in [4.78, 5) is 13.4. The lowest BCUT2D eigenvalue weighted by molar-refractivity contribution is 0.0553. The summed E-state index contributed by atoms with van der Waals surface area (Å²) in [5.74, 6) is 0.345. The standard InChI is InChI=1S/C34H35ClF2N4OS/c1-21-14-15-43-32(21)33-40-31(26-12-9-24(37)16-27(26)35)30(28-13-11-25(39-28)10-8-22(2)36)29-17-34(42,20-41(29)33)19-38-18-23-6-4-3-5-7-23/h3-7,9,11-16,22,25,31,38,42H,8,10,17-20H2,1-2H3/t22?,25?,31-,34+/m0/s1. The van der Waals surface area contributed by atoms with Crippen molar-refractivity contribution in [2.45, 2.75) is 63.5 Å². The largest absolute Gasteiger partial charge is 0.386 e. The van der Waals surface area contributed by atoms with Gasteiger partial charge < -0.3 is 15.3 Å². The summed E-state index contributed by atoms with van der Waals surface area (Å²) in [5.41, 5.74) is 4.34. The number of aliphatic imine (C=N–C) groups is 2. The number of allylic oxidation sites excluding steroid dienone is 1. The van der Waals surface area contributed by atoms with Gasteiger partial charge in [-0.2, -0.15) is 0 Å². The molecule has 4 heterocycles. The summed E-state index contributed by atoms with van der Waals surface area (Å²) in [6.07, 6.45) is 4.47. The van der Waals surface area contributed by atoms with Gasteiger partial charge in [-0.1, -0.05) is 54.1 Å². The molecule has 1 fully saturated rings. The van der Waals surface area contributed by atoms with E-state index in [1.165, 1.54) is 12.1 Å². The lowest BCUT2D eigenvalue weighted by Gasteiger charge is -2.33. The Morgan fingerprint density at radius 2 is 2.00 bits per heavy atom. The first kappa shape index (κ1) is 29.9. The molecule has 1 saturated heterocycles. The second-order valence-corrected chi connectivity index (χ2v) is 13.0. The van der Waals surface area contributed by atoms with Gasteiger partial charge >= 0.3 is 0 Å². The van der Waals surface area contributed by atoms with Crippen LogP contribution in [-0.4, -0.2) is 52.5 Å². The molecule has 3 aromatic rings.